The molecule has 1 saturated heterocycles. The van der Waals surface area contributed by atoms with Crippen LogP contribution in [0.25, 0.3) is 0 Å². The van der Waals surface area contributed by atoms with Gasteiger partial charge < -0.3 is 45.2 Å². The fourth-order valence-electron chi connectivity index (χ4n) is 10.5. The molecule has 9 nitrogen and oxygen atoms in total. The smallest absolute Gasteiger partial charge is 0.186 e. The third-order valence-electron chi connectivity index (χ3n) is 12.9. The highest BCUT2D eigenvalue weighted by atomic mass is 16.7. The first-order valence-electron chi connectivity index (χ1n) is 16.2. The molecule has 0 bridgehead atoms. The zero-order valence-electron chi connectivity index (χ0n) is 25.5. The topological polar surface area (TPSA) is 160 Å². The zero-order chi connectivity index (χ0) is 30.0. The Balaban J connectivity index is 1.28. The first-order chi connectivity index (χ1) is 19.2. The number of rotatable bonds is 7. The van der Waals surface area contributed by atoms with Gasteiger partial charge in [0.1, 0.15) is 18.3 Å². The molecule has 1 heterocycles. The normalized spacial score (nSPS) is 53.3. The van der Waals surface area contributed by atoms with Crippen LogP contribution in [0.5, 0.6) is 0 Å². The Bertz CT molecular complexity index is 902. The van der Waals surface area contributed by atoms with Gasteiger partial charge in [0.05, 0.1) is 37.1 Å². The Morgan fingerprint density at radius 1 is 0.756 bits per heavy atom. The molecule has 5 rings (SSSR count). The van der Waals surface area contributed by atoms with Gasteiger partial charge in [0.25, 0.3) is 0 Å². The van der Waals surface area contributed by atoms with Gasteiger partial charge in [-0.3, -0.25) is 0 Å². The highest BCUT2D eigenvalue weighted by Gasteiger charge is 2.67. The molecule has 0 radical (unpaired) electrons. The lowest BCUT2D eigenvalue weighted by atomic mass is 9.43. The minimum atomic E-state index is -1.32. The number of aliphatic hydroxyl groups is 7. The minimum Gasteiger partial charge on any atom is -0.393 e. The van der Waals surface area contributed by atoms with E-state index in [1.165, 1.54) is 0 Å². The van der Waals surface area contributed by atoms with Crippen molar-refractivity contribution >= 4 is 0 Å². The van der Waals surface area contributed by atoms with E-state index in [4.69, 9.17) is 9.47 Å². The number of aliphatic hydroxyl groups excluding tert-OH is 7. The maximum absolute atomic E-state index is 11.6. The maximum atomic E-state index is 11.6. The quantitative estimate of drug-likeness (QED) is 0.237. The fourth-order valence-corrected chi connectivity index (χ4v) is 10.5. The summed E-state index contributed by atoms with van der Waals surface area (Å²) in [7, 11) is 0. The maximum Gasteiger partial charge on any atom is 0.186 e. The highest BCUT2D eigenvalue weighted by molar-refractivity contribution is 5.15. The number of hydrogen-bond acceptors (Lipinski definition) is 9. The number of ether oxygens (including phenoxy) is 2. The first kappa shape index (κ1) is 32.0. The van der Waals surface area contributed by atoms with Crippen LogP contribution in [0.2, 0.25) is 0 Å². The van der Waals surface area contributed by atoms with Crippen molar-refractivity contribution in [3.8, 4) is 0 Å². The van der Waals surface area contributed by atoms with Gasteiger partial charge in [-0.15, -0.1) is 0 Å². The molecule has 4 saturated carbocycles. The average Bonchev–Trinajstić information content (AvgIpc) is 3.20. The summed E-state index contributed by atoms with van der Waals surface area (Å²) in [5, 5.41) is 75.1. The molecule has 7 N–H and O–H groups in total. The molecule has 0 aromatic carbocycles. The van der Waals surface area contributed by atoms with E-state index in [0.29, 0.717) is 12.8 Å². The second-order valence-corrected chi connectivity index (χ2v) is 15.4. The summed E-state index contributed by atoms with van der Waals surface area (Å²) >= 11 is 0. The van der Waals surface area contributed by atoms with Crippen LogP contribution in [-0.2, 0) is 9.47 Å². The van der Waals surface area contributed by atoms with Crippen molar-refractivity contribution in [2.24, 2.45) is 52.3 Å². The molecule has 17 unspecified atom stereocenters. The van der Waals surface area contributed by atoms with Gasteiger partial charge in [-0.1, -0.05) is 34.6 Å². The molecular weight excluding hydrogens is 528 g/mol. The lowest BCUT2D eigenvalue weighted by Gasteiger charge is -2.63. The summed E-state index contributed by atoms with van der Waals surface area (Å²) in [6.07, 6.45) is -1.41. The van der Waals surface area contributed by atoms with Crippen LogP contribution in [-0.4, -0.2) is 97.5 Å². The standard InChI is InChI=1S/C32H56O9/c1-15(2)23(41-30-29(39)27(37)22(35)14-40-30)7-6-16(3)19-13-21(34)25-24-18(9-11-32(19,25)5)31(4)10-8-17(33)12-20(31)26(36)28(24)38/h15-30,33-39H,6-14H2,1-5H3. The predicted octanol–water partition coefficient (Wildman–Crippen LogP) is 1.82. The summed E-state index contributed by atoms with van der Waals surface area (Å²) < 4.78 is 11.7. The van der Waals surface area contributed by atoms with Crippen molar-refractivity contribution in [2.45, 2.75) is 141 Å². The van der Waals surface area contributed by atoms with E-state index in [2.05, 4.69) is 34.6 Å². The van der Waals surface area contributed by atoms with Gasteiger partial charge in [-0.25, -0.2) is 0 Å². The van der Waals surface area contributed by atoms with Crippen LogP contribution >= 0.6 is 0 Å². The summed E-state index contributed by atoms with van der Waals surface area (Å²) in [6, 6.07) is 0. The molecule has 1 aliphatic heterocycles. The van der Waals surface area contributed by atoms with E-state index in [1.54, 1.807) is 0 Å². The lowest BCUT2D eigenvalue weighted by molar-refractivity contribution is -0.286. The highest BCUT2D eigenvalue weighted by Crippen LogP contribution is 2.68. The monoisotopic (exact) mass is 584 g/mol. The molecule has 0 amide bonds. The fraction of sp³-hybridized carbons (Fsp3) is 1.00. The summed E-state index contributed by atoms with van der Waals surface area (Å²) in [6.45, 7) is 10.8. The van der Waals surface area contributed by atoms with Crippen molar-refractivity contribution in [1.82, 2.24) is 0 Å². The van der Waals surface area contributed by atoms with Gasteiger partial charge in [0.2, 0.25) is 0 Å². The van der Waals surface area contributed by atoms with E-state index >= 15 is 0 Å². The summed E-state index contributed by atoms with van der Waals surface area (Å²) in [4.78, 5) is 0. The minimum absolute atomic E-state index is 0.0844. The third-order valence-corrected chi connectivity index (χ3v) is 12.9. The van der Waals surface area contributed by atoms with E-state index < -0.39 is 49.0 Å². The zero-order valence-corrected chi connectivity index (χ0v) is 25.5. The Morgan fingerprint density at radius 3 is 2.12 bits per heavy atom. The summed E-state index contributed by atoms with van der Waals surface area (Å²) in [5.41, 5.74) is -0.306. The number of fused-ring (bicyclic) bond motifs is 5. The van der Waals surface area contributed by atoms with Crippen molar-refractivity contribution in [1.29, 1.82) is 0 Å². The largest absolute Gasteiger partial charge is 0.393 e. The Kier molecular flexibility index (Phi) is 9.27. The van der Waals surface area contributed by atoms with Crippen LogP contribution in [0.1, 0.15) is 86.0 Å². The van der Waals surface area contributed by atoms with Crippen LogP contribution in [0.4, 0.5) is 0 Å². The molecule has 4 aliphatic carbocycles. The van der Waals surface area contributed by atoms with Crippen molar-refractivity contribution in [2.75, 3.05) is 6.61 Å². The summed E-state index contributed by atoms with van der Waals surface area (Å²) in [5.74, 6) is 0.539. The third kappa shape index (κ3) is 5.44. The average molecular weight is 585 g/mol. The van der Waals surface area contributed by atoms with Crippen LogP contribution in [0, 0.1) is 52.3 Å². The second kappa shape index (κ2) is 11.9. The molecule has 9 heteroatoms. The Labute approximate surface area is 245 Å². The van der Waals surface area contributed by atoms with Crippen LogP contribution < -0.4 is 0 Å². The predicted molar refractivity (Wildman–Crippen MR) is 151 cm³/mol. The van der Waals surface area contributed by atoms with E-state index in [0.717, 1.165) is 38.5 Å². The van der Waals surface area contributed by atoms with Crippen LogP contribution in [0.15, 0.2) is 0 Å². The molecule has 0 aromatic heterocycles. The van der Waals surface area contributed by atoms with Gasteiger partial charge in [-0.05, 0) is 104 Å². The van der Waals surface area contributed by atoms with Crippen molar-refractivity contribution < 1.29 is 45.2 Å². The molecule has 238 valence electrons. The number of hydrogen-bond donors (Lipinski definition) is 7. The van der Waals surface area contributed by atoms with Crippen molar-refractivity contribution in [3.05, 3.63) is 0 Å². The van der Waals surface area contributed by atoms with E-state index in [9.17, 15) is 35.7 Å². The molecule has 41 heavy (non-hydrogen) atoms. The lowest BCUT2D eigenvalue weighted by Crippen LogP contribution is -2.65. The second-order valence-electron chi connectivity index (χ2n) is 15.4. The van der Waals surface area contributed by atoms with E-state index in [1.807, 2.05) is 0 Å². The molecule has 5 fully saturated rings. The molecule has 0 aromatic rings. The SMILES string of the molecule is CC(C)C(CCC(C)C1CC(O)C2C3C(O)C(O)C4CC(O)CCC4(C)C3CCC12C)OC1OCC(O)C(O)C1O. The van der Waals surface area contributed by atoms with Crippen molar-refractivity contribution in [3.63, 3.8) is 0 Å². The first-order valence-corrected chi connectivity index (χ1v) is 16.2. The van der Waals surface area contributed by atoms with Crippen LogP contribution in [0.3, 0.4) is 0 Å². The van der Waals surface area contributed by atoms with E-state index in [-0.39, 0.29) is 65.0 Å². The Morgan fingerprint density at radius 2 is 1.44 bits per heavy atom. The van der Waals surface area contributed by atoms with Gasteiger partial charge in [0, 0.05) is 0 Å². The molecule has 0 spiro atoms. The molecule has 5 aliphatic rings. The molecule has 17 atom stereocenters. The Hall–Kier alpha value is -0.360. The van der Waals surface area contributed by atoms with Gasteiger partial charge >= 0.3 is 0 Å². The van der Waals surface area contributed by atoms with Gasteiger partial charge in [-0.2, -0.15) is 0 Å². The van der Waals surface area contributed by atoms with Gasteiger partial charge in [0.15, 0.2) is 6.29 Å². The molecular formula is C32H56O9.